The van der Waals surface area contributed by atoms with E-state index in [0.717, 1.165) is 0 Å². The summed E-state index contributed by atoms with van der Waals surface area (Å²) >= 11 is 0. The van der Waals surface area contributed by atoms with E-state index in [1.165, 1.54) is 19.2 Å². The molecule has 1 unspecified atom stereocenters. The Morgan fingerprint density at radius 3 is 2.79 bits per heavy atom. The van der Waals surface area contributed by atoms with Crippen LogP contribution in [-0.4, -0.2) is 18.8 Å². The van der Waals surface area contributed by atoms with Crippen LogP contribution in [0.3, 0.4) is 0 Å². The van der Waals surface area contributed by atoms with Gasteiger partial charge in [0.2, 0.25) is 0 Å². The topological polar surface area (TPSA) is 55.5 Å². The molecule has 0 aliphatic carbocycles. The highest BCUT2D eigenvalue weighted by Gasteiger charge is 2.12. The van der Waals surface area contributed by atoms with Crippen LogP contribution in [0.5, 0.6) is 5.75 Å². The maximum absolute atomic E-state index is 13.3. The minimum Gasteiger partial charge on any atom is -0.497 e. The Bertz CT molecular complexity index is 304. The molecule has 0 fully saturated rings. The van der Waals surface area contributed by atoms with E-state index in [4.69, 9.17) is 10.5 Å². The minimum absolute atomic E-state index is 0.260. The molecule has 1 aromatic carbocycles. The summed E-state index contributed by atoms with van der Waals surface area (Å²) in [6.45, 7) is 0.326. The summed E-state index contributed by atoms with van der Waals surface area (Å²) in [7, 11) is 1.46. The van der Waals surface area contributed by atoms with Crippen LogP contribution < -0.4 is 10.5 Å². The molecule has 0 aliphatic heterocycles. The first-order valence-corrected chi connectivity index (χ1v) is 4.40. The summed E-state index contributed by atoms with van der Waals surface area (Å²) in [4.78, 5) is 0. The second kappa shape index (κ2) is 4.93. The van der Waals surface area contributed by atoms with Gasteiger partial charge in [-0.25, -0.2) is 4.39 Å². The molecule has 4 heteroatoms. The molecule has 1 aromatic rings. The molecule has 3 N–H and O–H groups in total. The Kier molecular flexibility index (Phi) is 3.85. The van der Waals surface area contributed by atoms with Crippen molar-refractivity contribution in [3.8, 4) is 5.75 Å². The number of nitrogens with two attached hydrogens (primary N) is 1. The number of rotatable bonds is 4. The van der Waals surface area contributed by atoms with Gasteiger partial charge in [0.05, 0.1) is 13.2 Å². The van der Waals surface area contributed by atoms with Crippen molar-refractivity contribution in [3.63, 3.8) is 0 Å². The highest BCUT2D eigenvalue weighted by Crippen LogP contribution is 2.23. The van der Waals surface area contributed by atoms with Crippen LogP contribution in [0.25, 0.3) is 0 Å². The lowest BCUT2D eigenvalue weighted by Crippen LogP contribution is -2.08. The Balaban J connectivity index is 2.88. The van der Waals surface area contributed by atoms with E-state index in [-0.39, 0.29) is 5.56 Å². The average Bonchev–Trinajstić information content (AvgIpc) is 2.17. The molecule has 0 bridgehead atoms. The minimum atomic E-state index is -0.842. The zero-order chi connectivity index (χ0) is 10.6. The first-order valence-electron chi connectivity index (χ1n) is 4.40. The highest BCUT2D eigenvalue weighted by atomic mass is 19.1. The van der Waals surface area contributed by atoms with Gasteiger partial charge in [0.25, 0.3) is 0 Å². The van der Waals surface area contributed by atoms with Gasteiger partial charge in [0.1, 0.15) is 11.6 Å². The van der Waals surface area contributed by atoms with Crippen LogP contribution in [0.2, 0.25) is 0 Å². The molecule has 0 aromatic heterocycles. The van der Waals surface area contributed by atoms with Crippen LogP contribution in [0.1, 0.15) is 18.1 Å². The van der Waals surface area contributed by atoms with Crippen molar-refractivity contribution < 1.29 is 14.2 Å². The normalized spacial score (nSPS) is 12.6. The highest BCUT2D eigenvalue weighted by molar-refractivity contribution is 5.30. The first kappa shape index (κ1) is 10.9. The van der Waals surface area contributed by atoms with Crippen molar-refractivity contribution >= 4 is 0 Å². The second-order valence-corrected chi connectivity index (χ2v) is 2.98. The van der Waals surface area contributed by atoms with E-state index < -0.39 is 11.9 Å². The number of benzene rings is 1. The number of aliphatic hydroxyl groups excluding tert-OH is 1. The smallest absolute Gasteiger partial charge is 0.132 e. The third-order valence-corrected chi connectivity index (χ3v) is 2.01. The van der Waals surface area contributed by atoms with Crippen molar-refractivity contribution in [2.75, 3.05) is 13.7 Å². The molecule has 0 radical (unpaired) electrons. The third kappa shape index (κ3) is 2.43. The summed E-state index contributed by atoms with van der Waals surface area (Å²) in [6.07, 6.45) is -0.491. The molecule has 14 heavy (non-hydrogen) atoms. The fourth-order valence-electron chi connectivity index (χ4n) is 1.22. The van der Waals surface area contributed by atoms with Crippen LogP contribution in [0, 0.1) is 5.82 Å². The Labute approximate surface area is 82.3 Å². The molecule has 1 rings (SSSR count). The largest absolute Gasteiger partial charge is 0.497 e. The molecule has 1 atom stereocenters. The predicted octanol–water partition coefficient (Wildman–Crippen LogP) is 1.22. The lowest BCUT2D eigenvalue weighted by atomic mass is 10.1. The number of halogens is 1. The summed E-state index contributed by atoms with van der Waals surface area (Å²) < 4.78 is 18.2. The van der Waals surface area contributed by atoms with Gasteiger partial charge in [-0.3, -0.25) is 0 Å². The van der Waals surface area contributed by atoms with Crippen molar-refractivity contribution in [2.24, 2.45) is 5.73 Å². The van der Waals surface area contributed by atoms with Gasteiger partial charge in [-0.1, -0.05) is 0 Å². The summed E-state index contributed by atoms with van der Waals surface area (Å²) in [5.41, 5.74) is 5.53. The molecule has 0 amide bonds. The van der Waals surface area contributed by atoms with Gasteiger partial charge in [0, 0.05) is 11.6 Å². The Morgan fingerprint density at radius 1 is 1.57 bits per heavy atom. The van der Waals surface area contributed by atoms with Crippen molar-refractivity contribution in [1.29, 1.82) is 0 Å². The van der Waals surface area contributed by atoms with Gasteiger partial charge in [-0.05, 0) is 25.1 Å². The maximum Gasteiger partial charge on any atom is 0.132 e. The lowest BCUT2D eigenvalue weighted by molar-refractivity contribution is 0.165. The molecule has 0 heterocycles. The number of methoxy groups -OCH3 is 1. The first-order chi connectivity index (χ1) is 6.69. The van der Waals surface area contributed by atoms with Gasteiger partial charge in [0.15, 0.2) is 0 Å². The third-order valence-electron chi connectivity index (χ3n) is 2.01. The Morgan fingerprint density at radius 2 is 2.29 bits per heavy atom. The lowest BCUT2D eigenvalue weighted by Gasteiger charge is -2.11. The maximum atomic E-state index is 13.3. The standard InChI is InChI=1S/C10H14FNO2/c1-14-7-2-3-8(9(11)6-7)10(13)4-5-12/h2-3,6,10,13H,4-5,12H2,1H3. The van der Waals surface area contributed by atoms with Crippen molar-refractivity contribution in [1.82, 2.24) is 0 Å². The number of ether oxygens (including phenoxy) is 1. The number of hydrogen-bond donors (Lipinski definition) is 2. The summed E-state index contributed by atoms with van der Waals surface area (Å²) in [5.74, 6) is -0.0310. The van der Waals surface area contributed by atoms with Crippen LogP contribution in [0.4, 0.5) is 4.39 Å². The van der Waals surface area contributed by atoms with E-state index >= 15 is 0 Å². The van der Waals surface area contributed by atoms with E-state index in [9.17, 15) is 9.50 Å². The fourth-order valence-corrected chi connectivity index (χ4v) is 1.22. The molecule has 0 spiro atoms. The predicted molar refractivity (Wildman–Crippen MR) is 51.6 cm³/mol. The van der Waals surface area contributed by atoms with Gasteiger partial charge >= 0.3 is 0 Å². The van der Waals surface area contributed by atoms with E-state index in [2.05, 4.69) is 0 Å². The van der Waals surface area contributed by atoms with Gasteiger partial charge in [-0.2, -0.15) is 0 Å². The molecule has 0 aliphatic rings. The molecular weight excluding hydrogens is 185 g/mol. The van der Waals surface area contributed by atoms with Crippen molar-refractivity contribution in [2.45, 2.75) is 12.5 Å². The fraction of sp³-hybridized carbons (Fsp3) is 0.400. The van der Waals surface area contributed by atoms with E-state index in [1.54, 1.807) is 6.07 Å². The molecule has 0 saturated carbocycles. The number of hydrogen-bond acceptors (Lipinski definition) is 3. The quantitative estimate of drug-likeness (QED) is 0.766. The van der Waals surface area contributed by atoms with Gasteiger partial charge in [-0.15, -0.1) is 0 Å². The molecule has 3 nitrogen and oxygen atoms in total. The van der Waals surface area contributed by atoms with Crippen LogP contribution >= 0.6 is 0 Å². The zero-order valence-corrected chi connectivity index (χ0v) is 8.03. The monoisotopic (exact) mass is 199 g/mol. The average molecular weight is 199 g/mol. The summed E-state index contributed by atoms with van der Waals surface area (Å²) in [5, 5.41) is 9.50. The molecule has 0 saturated heterocycles. The van der Waals surface area contributed by atoms with E-state index in [0.29, 0.717) is 18.7 Å². The van der Waals surface area contributed by atoms with E-state index in [1.807, 2.05) is 0 Å². The molecular formula is C10H14FNO2. The molecule has 78 valence electrons. The van der Waals surface area contributed by atoms with Crippen molar-refractivity contribution in [3.05, 3.63) is 29.6 Å². The van der Waals surface area contributed by atoms with Crippen LogP contribution in [-0.2, 0) is 0 Å². The second-order valence-electron chi connectivity index (χ2n) is 2.98. The summed E-state index contributed by atoms with van der Waals surface area (Å²) in [6, 6.07) is 4.36. The Hall–Kier alpha value is -1.13. The zero-order valence-electron chi connectivity index (χ0n) is 8.03. The van der Waals surface area contributed by atoms with Gasteiger partial charge < -0.3 is 15.6 Å². The van der Waals surface area contributed by atoms with Crippen LogP contribution in [0.15, 0.2) is 18.2 Å². The number of aliphatic hydroxyl groups is 1. The SMILES string of the molecule is COc1ccc(C(O)CCN)c(F)c1.